The highest BCUT2D eigenvalue weighted by Crippen LogP contribution is 2.26. The summed E-state index contributed by atoms with van der Waals surface area (Å²) in [6.45, 7) is 24.2. The summed E-state index contributed by atoms with van der Waals surface area (Å²) in [6, 6.07) is 6.60. The minimum Gasteiger partial charge on any atom is -0.481 e. The van der Waals surface area contributed by atoms with Crippen LogP contribution in [0.5, 0.6) is 0 Å². The van der Waals surface area contributed by atoms with Crippen LogP contribution in [0.25, 0.3) is 0 Å². The number of carbonyl (C=O) groups excluding carboxylic acids is 5. The van der Waals surface area contributed by atoms with Crippen LogP contribution < -0.4 is 16.0 Å². The van der Waals surface area contributed by atoms with Crippen molar-refractivity contribution in [3.8, 4) is 0 Å². The fourth-order valence-corrected chi connectivity index (χ4v) is 4.61. The number of nitrogens with one attached hydrogen (secondary N) is 3. The first-order valence-corrected chi connectivity index (χ1v) is 17.2. The molecule has 12 nitrogen and oxygen atoms in total. The van der Waals surface area contributed by atoms with E-state index < -0.39 is 12.0 Å². The van der Waals surface area contributed by atoms with E-state index in [0.29, 0.717) is 37.0 Å². The third-order valence-electron chi connectivity index (χ3n) is 7.88. The molecule has 12 heteroatoms. The van der Waals surface area contributed by atoms with Gasteiger partial charge in [-0.25, -0.2) is 0 Å². The van der Waals surface area contributed by atoms with Gasteiger partial charge in [-0.1, -0.05) is 86.4 Å². The number of carboxylic acids is 1. The van der Waals surface area contributed by atoms with Crippen LogP contribution in [0.2, 0.25) is 0 Å². The molecule has 3 rings (SSSR count). The molecule has 3 unspecified atom stereocenters. The Balaban J connectivity index is 0. The van der Waals surface area contributed by atoms with Crippen molar-refractivity contribution in [1.29, 1.82) is 0 Å². The number of rotatable bonds is 11. The number of amides is 5. The average molecular weight is 690 g/mol. The Bertz CT molecular complexity index is 1160. The molecule has 0 saturated carbocycles. The molecule has 2 aliphatic heterocycles. The van der Waals surface area contributed by atoms with Crippen LogP contribution in [0.4, 0.5) is 0 Å². The van der Waals surface area contributed by atoms with E-state index in [1.54, 1.807) is 30.3 Å². The van der Waals surface area contributed by atoms with Crippen molar-refractivity contribution in [2.45, 2.75) is 113 Å². The van der Waals surface area contributed by atoms with E-state index in [9.17, 15) is 24.0 Å². The van der Waals surface area contributed by atoms with Crippen LogP contribution in [-0.4, -0.2) is 95.7 Å². The lowest BCUT2D eigenvalue weighted by Crippen LogP contribution is -2.50. The molecule has 0 bridgehead atoms. The van der Waals surface area contributed by atoms with E-state index in [4.69, 9.17) is 9.90 Å². The second kappa shape index (κ2) is 25.0. The van der Waals surface area contributed by atoms with Crippen LogP contribution in [0.1, 0.15) is 116 Å². The number of carboxylic acid groups (broad SMARTS) is 1. The maximum Gasteiger partial charge on any atom is 0.300 e. The first-order valence-electron chi connectivity index (χ1n) is 17.2. The summed E-state index contributed by atoms with van der Waals surface area (Å²) in [5.41, 5.74) is 0.997. The summed E-state index contributed by atoms with van der Waals surface area (Å²) in [4.78, 5) is 70.8. The second-order valence-corrected chi connectivity index (χ2v) is 12.6. The molecule has 5 amide bonds. The number of benzene rings is 1. The van der Waals surface area contributed by atoms with Crippen molar-refractivity contribution in [2.24, 2.45) is 11.3 Å². The van der Waals surface area contributed by atoms with Crippen LogP contribution in [0, 0.1) is 11.3 Å². The fourth-order valence-electron chi connectivity index (χ4n) is 4.61. The molecular formula is C37H63N5O7. The Labute approximate surface area is 294 Å². The van der Waals surface area contributed by atoms with Crippen LogP contribution in [0.3, 0.4) is 0 Å². The number of aliphatic carboxylic acids is 1. The summed E-state index contributed by atoms with van der Waals surface area (Å²) in [5.74, 6) is -1.40. The summed E-state index contributed by atoms with van der Waals surface area (Å²) in [7, 11) is 1.86. The van der Waals surface area contributed by atoms with Gasteiger partial charge in [-0.2, -0.15) is 0 Å². The molecule has 1 aromatic carbocycles. The number of fused-ring (bicyclic) bond motifs is 1. The third kappa shape index (κ3) is 16.7. The van der Waals surface area contributed by atoms with E-state index >= 15 is 0 Å². The van der Waals surface area contributed by atoms with Gasteiger partial charge in [0.15, 0.2) is 0 Å². The Morgan fingerprint density at radius 3 is 1.92 bits per heavy atom. The molecule has 1 saturated heterocycles. The molecule has 0 aromatic heterocycles. The number of hydrogen-bond acceptors (Lipinski definition) is 7. The number of imide groups is 1. The molecule has 1 fully saturated rings. The highest BCUT2D eigenvalue weighted by Gasteiger charge is 2.38. The van der Waals surface area contributed by atoms with Gasteiger partial charge in [0.2, 0.25) is 18.2 Å². The van der Waals surface area contributed by atoms with E-state index in [1.807, 2.05) is 34.7 Å². The number of likely N-dealkylation sites (N-methyl/N-ethyl adjacent to an activating group) is 1. The first kappa shape index (κ1) is 47.1. The zero-order valence-electron chi connectivity index (χ0n) is 31.7. The largest absolute Gasteiger partial charge is 0.481 e. The average Bonchev–Trinajstić information content (AvgIpc) is 3.66. The first-order chi connectivity index (χ1) is 23.0. The molecule has 49 heavy (non-hydrogen) atoms. The molecule has 278 valence electrons. The highest BCUT2D eigenvalue weighted by molar-refractivity contribution is 6.21. The Morgan fingerprint density at radius 1 is 1.04 bits per heavy atom. The third-order valence-corrected chi connectivity index (χ3v) is 7.88. The summed E-state index contributed by atoms with van der Waals surface area (Å²) < 4.78 is 0. The quantitative estimate of drug-likeness (QED) is 0.145. The van der Waals surface area contributed by atoms with E-state index in [0.717, 1.165) is 13.3 Å². The number of hydrogen-bond donors (Lipinski definition) is 4. The van der Waals surface area contributed by atoms with Gasteiger partial charge in [0, 0.05) is 32.1 Å². The summed E-state index contributed by atoms with van der Waals surface area (Å²) in [5, 5.41) is 15.9. The minimum atomic E-state index is -0.833. The summed E-state index contributed by atoms with van der Waals surface area (Å²) in [6.07, 6.45) is 6.37. The monoisotopic (exact) mass is 689 g/mol. The van der Waals surface area contributed by atoms with Gasteiger partial charge in [-0.05, 0) is 50.3 Å². The number of likely N-dealkylation sites (tertiary alicyclic amines) is 1. The van der Waals surface area contributed by atoms with Crippen molar-refractivity contribution in [1.82, 2.24) is 25.8 Å². The Hall–Kier alpha value is -4.06. The van der Waals surface area contributed by atoms with Crippen LogP contribution in [0.15, 0.2) is 36.9 Å². The van der Waals surface area contributed by atoms with Gasteiger partial charge in [-0.15, -0.1) is 6.58 Å². The lowest BCUT2D eigenvalue weighted by Gasteiger charge is -2.32. The molecule has 1 aromatic rings. The molecule has 0 aliphatic carbocycles. The van der Waals surface area contributed by atoms with Gasteiger partial charge in [0.1, 0.15) is 6.04 Å². The lowest BCUT2D eigenvalue weighted by atomic mass is 9.86. The minimum absolute atomic E-state index is 0.0225. The van der Waals surface area contributed by atoms with E-state index in [1.165, 1.54) is 22.6 Å². The summed E-state index contributed by atoms with van der Waals surface area (Å²) >= 11 is 0. The molecule has 2 aliphatic rings. The molecule has 2 heterocycles. The predicted octanol–water partition coefficient (Wildman–Crippen LogP) is 4.89. The van der Waals surface area contributed by atoms with Gasteiger partial charge in [0.05, 0.1) is 17.7 Å². The lowest BCUT2D eigenvalue weighted by molar-refractivity contribution is -0.138. The number of carbonyl (C=O) groups is 6. The van der Waals surface area contributed by atoms with Gasteiger partial charge in [0.25, 0.3) is 17.8 Å². The highest BCUT2D eigenvalue weighted by atomic mass is 16.4. The molecule has 4 atom stereocenters. The SMILES string of the molecule is C=CC(C)C(C)NC(=O)[C@@H]1CCCN1C(=O)CNC=O.CC.CC(=O)O.CCCC.CNC(CN1C(=O)c2ccccc2C1=O)C(C)(C)C. The molecule has 4 N–H and O–H groups in total. The number of unbranched alkanes of at least 4 members (excludes halogenated alkanes) is 1. The van der Waals surface area contributed by atoms with Crippen molar-refractivity contribution in [3.63, 3.8) is 0 Å². The van der Waals surface area contributed by atoms with E-state index in [-0.39, 0.29) is 53.6 Å². The molecule has 0 radical (unpaired) electrons. The van der Waals surface area contributed by atoms with Crippen LogP contribution in [-0.2, 0) is 19.2 Å². The van der Waals surface area contributed by atoms with Crippen LogP contribution >= 0.6 is 0 Å². The van der Waals surface area contributed by atoms with Gasteiger partial charge < -0.3 is 26.0 Å². The number of nitrogens with zero attached hydrogens (tertiary/aromatic N) is 2. The van der Waals surface area contributed by atoms with Crippen molar-refractivity contribution in [2.75, 3.05) is 26.7 Å². The van der Waals surface area contributed by atoms with Crippen molar-refractivity contribution >= 4 is 36.0 Å². The Kier molecular flexibility index (Phi) is 24.0. The zero-order chi connectivity index (χ0) is 38.3. The zero-order valence-corrected chi connectivity index (χ0v) is 31.7. The Morgan fingerprint density at radius 2 is 1.53 bits per heavy atom. The second-order valence-electron chi connectivity index (χ2n) is 12.6. The van der Waals surface area contributed by atoms with Crippen molar-refractivity contribution in [3.05, 3.63) is 48.0 Å². The van der Waals surface area contributed by atoms with Gasteiger partial charge >= 0.3 is 0 Å². The van der Waals surface area contributed by atoms with Gasteiger partial charge in [-0.3, -0.25) is 33.7 Å². The predicted molar refractivity (Wildman–Crippen MR) is 195 cm³/mol. The van der Waals surface area contributed by atoms with Crippen molar-refractivity contribution < 1.29 is 33.9 Å². The smallest absolute Gasteiger partial charge is 0.300 e. The maximum atomic E-state index is 12.3. The molecule has 0 spiro atoms. The standard InChI is InChI=1S/C15H20N2O2.C14H23N3O3.C4H10.C2H4O2.C2H6/c1-15(2,3)12(16-4)9-17-13(18)10-7-5-6-8-11(10)14(17)19;1-4-10(2)11(3)16-14(20)12-6-5-7-17(12)13(19)8-15-9-18;1-3-4-2;1-2(3)4;1-2/h5-8,12,16H,9H2,1-4H3;4,9-12H,1,5-8H2,2-3H3,(H,15,18)(H,16,20);3-4H2,1-2H3;1H3,(H,3,4);1-2H3/t;10?,11?,12-;;;/m.0.../s1. The fraction of sp³-hybridized carbons (Fsp3) is 0.622. The maximum absolute atomic E-state index is 12.3. The molecular weight excluding hydrogens is 626 g/mol. The van der Waals surface area contributed by atoms with E-state index in [2.05, 4.69) is 57.1 Å². The topological polar surface area (TPSA) is 165 Å². The normalized spacial score (nSPS) is 16.3.